The second-order valence-electron chi connectivity index (χ2n) is 4.80. The smallest absolute Gasteiger partial charge is 0.133 e. The van der Waals surface area contributed by atoms with Crippen LogP contribution in [0.25, 0.3) is 0 Å². The van der Waals surface area contributed by atoms with E-state index in [0.717, 1.165) is 34.6 Å². The molecule has 0 amide bonds. The van der Waals surface area contributed by atoms with Crippen molar-refractivity contribution in [2.45, 2.75) is 12.3 Å². The molecule has 0 saturated heterocycles. The molecule has 1 unspecified atom stereocenters. The minimum atomic E-state index is -0.215. The van der Waals surface area contributed by atoms with Crippen molar-refractivity contribution in [2.24, 2.45) is 4.99 Å². The van der Waals surface area contributed by atoms with Crippen LogP contribution < -0.4 is 4.74 Å². The third kappa shape index (κ3) is 2.23. The van der Waals surface area contributed by atoms with Gasteiger partial charge < -0.3 is 9.53 Å². The topological polar surface area (TPSA) is 38.7 Å². The number of ether oxygens (including phenoxy) is 1. The Kier molecular flexibility index (Phi) is 3.33. The number of rotatable bonds is 4. The lowest BCUT2D eigenvalue weighted by Crippen LogP contribution is -2.12. The lowest BCUT2D eigenvalue weighted by molar-refractivity contribution is -0.107. The number of aldehydes is 1. The summed E-state index contributed by atoms with van der Waals surface area (Å²) < 4.78 is 5.15. The molecule has 20 heavy (non-hydrogen) atoms. The largest absolute Gasteiger partial charge is 0.497 e. The highest BCUT2D eigenvalue weighted by molar-refractivity contribution is 6.08. The van der Waals surface area contributed by atoms with E-state index >= 15 is 0 Å². The molecular formula is C17H15NO2. The third-order valence-corrected chi connectivity index (χ3v) is 3.58. The first-order valence-electron chi connectivity index (χ1n) is 6.56. The molecule has 3 heteroatoms. The number of hydrogen-bond acceptors (Lipinski definition) is 3. The van der Waals surface area contributed by atoms with Crippen molar-refractivity contribution in [3.63, 3.8) is 0 Å². The van der Waals surface area contributed by atoms with E-state index in [1.165, 1.54) is 0 Å². The van der Waals surface area contributed by atoms with Crippen molar-refractivity contribution >= 4 is 17.7 Å². The minimum Gasteiger partial charge on any atom is -0.497 e. The van der Waals surface area contributed by atoms with Crippen LogP contribution in [0.2, 0.25) is 0 Å². The zero-order valence-corrected chi connectivity index (χ0v) is 11.2. The molecule has 0 spiro atoms. The van der Waals surface area contributed by atoms with Crippen molar-refractivity contribution in [1.82, 2.24) is 0 Å². The molecule has 0 bridgehead atoms. The maximum absolute atomic E-state index is 11.4. The van der Waals surface area contributed by atoms with Gasteiger partial charge in [-0.1, -0.05) is 30.3 Å². The molecule has 1 atom stereocenters. The van der Waals surface area contributed by atoms with Crippen LogP contribution in [0.1, 0.15) is 17.0 Å². The predicted octanol–water partition coefficient (Wildman–Crippen LogP) is 3.31. The van der Waals surface area contributed by atoms with E-state index in [2.05, 4.69) is 4.99 Å². The van der Waals surface area contributed by atoms with Crippen molar-refractivity contribution < 1.29 is 9.53 Å². The van der Waals surface area contributed by atoms with Crippen molar-refractivity contribution in [2.75, 3.05) is 7.11 Å². The maximum Gasteiger partial charge on any atom is 0.133 e. The number of hydrogen-bond donors (Lipinski definition) is 0. The fourth-order valence-electron chi connectivity index (χ4n) is 2.51. The minimum absolute atomic E-state index is 0.215. The molecule has 1 aliphatic heterocycles. The SMILES string of the molecule is COc1ccc(CC2=Nc3ccccc3C2C=O)cc1. The van der Waals surface area contributed by atoms with E-state index in [1.807, 2.05) is 48.5 Å². The molecule has 100 valence electrons. The molecule has 0 radical (unpaired) electrons. The number of carbonyl (C=O) groups is 1. The Morgan fingerprint density at radius 3 is 2.60 bits per heavy atom. The molecule has 1 aliphatic rings. The number of carbonyl (C=O) groups excluding carboxylic acids is 1. The first-order valence-corrected chi connectivity index (χ1v) is 6.56. The number of methoxy groups -OCH3 is 1. The fourth-order valence-corrected chi connectivity index (χ4v) is 2.51. The molecule has 2 aromatic rings. The van der Waals surface area contributed by atoms with Crippen LogP contribution in [-0.4, -0.2) is 19.1 Å². The van der Waals surface area contributed by atoms with Gasteiger partial charge in [-0.2, -0.15) is 0 Å². The van der Waals surface area contributed by atoms with Crippen LogP contribution in [-0.2, 0) is 11.2 Å². The van der Waals surface area contributed by atoms with Gasteiger partial charge in [0.05, 0.1) is 18.7 Å². The number of nitrogens with zero attached hydrogens (tertiary/aromatic N) is 1. The maximum atomic E-state index is 11.4. The first-order chi connectivity index (χ1) is 9.81. The van der Waals surface area contributed by atoms with Gasteiger partial charge >= 0.3 is 0 Å². The summed E-state index contributed by atoms with van der Waals surface area (Å²) in [4.78, 5) is 16.0. The van der Waals surface area contributed by atoms with Crippen LogP contribution in [0.3, 0.4) is 0 Å². The Morgan fingerprint density at radius 1 is 1.15 bits per heavy atom. The van der Waals surface area contributed by atoms with Crippen LogP contribution in [0, 0.1) is 0 Å². The van der Waals surface area contributed by atoms with E-state index < -0.39 is 0 Å². The summed E-state index contributed by atoms with van der Waals surface area (Å²) in [6.45, 7) is 0. The summed E-state index contributed by atoms with van der Waals surface area (Å²) in [7, 11) is 1.65. The Hall–Kier alpha value is -2.42. The predicted molar refractivity (Wildman–Crippen MR) is 79.0 cm³/mol. The van der Waals surface area contributed by atoms with Gasteiger partial charge in [0.1, 0.15) is 12.0 Å². The highest BCUT2D eigenvalue weighted by Gasteiger charge is 2.26. The molecule has 0 aliphatic carbocycles. The van der Waals surface area contributed by atoms with Gasteiger partial charge in [-0.25, -0.2) is 0 Å². The van der Waals surface area contributed by atoms with Gasteiger partial charge in [0.25, 0.3) is 0 Å². The molecular weight excluding hydrogens is 250 g/mol. The second kappa shape index (κ2) is 5.29. The fraction of sp³-hybridized carbons (Fsp3) is 0.176. The lowest BCUT2D eigenvalue weighted by atomic mass is 9.93. The highest BCUT2D eigenvalue weighted by Crippen LogP contribution is 2.35. The number of fused-ring (bicyclic) bond motifs is 1. The van der Waals surface area contributed by atoms with E-state index in [-0.39, 0.29) is 5.92 Å². The Balaban J connectivity index is 1.86. The average Bonchev–Trinajstić information content (AvgIpc) is 2.85. The zero-order valence-electron chi connectivity index (χ0n) is 11.2. The van der Waals surface area contributed by atoms with Crippen molar-refractivity contribution in [3.8, 4) is 5.75 Å². The van der Waals surface area contributed by atoms with Crippen LogP contribution in [0.5, 0.6) is 5.75 Å². The van der Waals surface area contributed by atoms with E-state index in [0.29, 0.717) is 6.42 Å². The molecule has 0 fully saturated rings. The summed E-state index contributed by atoms with van der Waals surface area (Å²) in [5.74, 6) is 0.616. The van der Waals surface area contributed by atoms with Crippen LogP contribution in [0.4, 0.5) is 5.69 Å². The summed E-state index contributed by atoms with van der Waals surface area (Å²) in [5.41, 5.74) is 3.95. The van der Waals surface area contributed by atoms with Crippen molar-refractivity contribution in [1.29, 1.82) is 0 Å². The summed E-state index contributed by atoms with van der Waals surface area (Å²) in [6.07, 6.45) is 1.66. The third-order valence-electron chi connectivity index (χ3n) is 3.58. The Labute approximate surface area is 117 Å². The number of para-hydroxylation sites is 1. The van der Waals surface area contributed by atoms with Gasteiger partial charge in [0.2, 0.25) is 0 Å². The molecule has 0 saturated carbocycles. The van der Waals surface area contributed by atoms with Crippen molar-refractivity contribution in [3.05, 3.63) is 59.7 Å². The van der Waals surface area contributed by atoms with E-state index in [1.54, 1.807) is 7.11 Å². The molecule has 3 nitrogen and oxygen atoms in total. The van der Waals surface area contributed by atoms with Crippen LogP contribution >= 0.6 is 0 Å². The van der Waals surface area contributed by atoms with E-state index in [9.17, 15) is 4.79 Å². The standard InChI is InChI=1S/C17H15NO2/c1-20-13-8-6-12(7-9-13)10-17-15(11-19)14-4-2-3-5-16(14)18-17/h2-9,11,15H,10H2,1H3. The molecule has 1 heterocycles. The molecule has 0 N–H and O–H groups in total. The zero-order chi connectivity index (χ0) is 13.9. The number of benzene rings is 2. The number of aliphatic imine (C=N–C) groups is 1. The lowest BCUT2D eigenvalue weighted by Gasteiger charge is -2.08. The highest BCUT2D eigenvalue weighted by atomic mass is 16.5. The summed E-state index contributed by atoms with van der Waals surface area (Å²) in [5, 5.41) is 0. The van der Waals surface area contributed by atoms with Gasteiger partial charge in [0, 0.05) is 12.1 Å². The quantitative estimate of drug-likeness (QED) is 0.795. The second-order valence-corrected chi connectivity index (χ2v) is 4.80. The summed E-state index contributed by atoms with van der Waals surface area (Å²) in [6, 6.07) is 15.7. The molecule has 0 aromatic heterocycles. The Morgan fingerprint density at radius 2 is 1.90 bits per heavy atom. The van der Waals surface area contributed by atoms with Crippen LogP contribution in [0.15, 0.2) is 53.5 Å². The van der Waals surface area contributed by atoms with Gasteiger partial charge in [0.15, 0.2) is 0 Å². The average molecular weight is 265 g/mol. The Bertz CT molecular complexity index is 659. The van der Waals surface area contributed by atoms with Gasteiger partial charge in [-0.3, -0.25) is 4.99 Å². The molecule has 3 rings (SSSR count). The normalized spacial score (nSPS) is 16.4. The summed E-state index contributed by atoms with van der Waals surface area (Å²) >= 11 is 0. The first kappa shape index (κ1) is 12.6. The van der Waals surface area contributed by atoms with Gasteiger partial charge in [-0.05, 0) is 29.3 Å². The van der Waals surface area contributed by atoms with E-state index in [4.69, 9.17) is 4.74 Å². The molecule has 2 aromatic carbocycles. The monoisotopic (exact) mass is 265 g/mol. The van der Waals surface area contributed by atoms with Gasteiger partial charge in [-0.15, -0.1) is 0 Å².